The molecule has 4 nitrogen and oxygen atoms in total. The summed E-state index contributed by atoms with van der Waals surface area (Å²) in [5, 5.41) is 0. The first-order chi connectivity index (χ1) is 8.29. The fraction of sp³-hybridized carbons (Fsp3) is 0.909. The third-order valence-corrected chi connectivity index (χ3v) is 6.45. The molecule has 1 rings (SSSR count). The molecular formula is C11H22N2O2S3. The van der Waals surface area contributed by atoms with Crippen molar-refractivity contribution in [2.45, 2.75) is 24.0 Å². The molecule has 0 amide bonds. The van der Waals surface area contributed by atoms with Crippen molar-refractivity contribution >= 4 is 38.8 Å². The molecule has 18 heavy (non-hydrogen) atoms. The fourth-order valence-electron chi connectivity index (χ4n) is 2.24. The lowest BCUT2D eigenvalue weighted by molar-refractivity contribution is 0.221. The van der Waals surface area contributed by atoms with E-state index >= 15 is 0 Å². The maximum absolute atomic E-state index is 11.1. The molecule has 7 heteroatoms. The van der Waals surface area contributed by atoms with E-state index in [9.17, 15) is 8.42 Å². The Bertz CT molecular complexity index is 387. The summed E-state index contributed by atoms with van der Waals surface area (Å²) in [5.74, 6) is 0.270. The van der Waals surface area contributed by atoms with Crippen LogP contribution in [0.3, 0.4) is 0 Å². The highest BCUT2D eigenvalue weighted by Crippen LogP contribution is 2.34. The first kappa shape index (κ1) is 16.2. The lowest BCUT2D eigenvalue weighted by Gasteiger charge is -2.40. The second kappa shape index (κ2) is 6.54. The van der Waals surface area contributed by atoms with Gasteiger partial charge < -0.3 is 10.6 Å². The molecule has 0 bridgehead atoms. The number of thioether (sulfide) groups is 1. The molecule has 1 aliphatic rings. The van der Waals surface area contributed by atoms with Crippen molar-refractivity contribution in [2.24, 2.45) is 5.73 Å². The van der Waals surface area contributed by atoms with E-state index in [1.165, 1.54) is 6.26 Å². The predicted molar refractivity (Wildman–Crippen MR) is 83.0 cm³/mol. The number of likely N-dealkylation sites (tertiary alicyclic amines) is 1. The molecule has 0 atom stereocenters. The number of sulfone groups is 1. The van der Waals surface area contributed by atoms with Crippen LogP contribution < -0.4 is 5.73 Å². The Morgan fingerprint density at radius 2 is 2.00 bits per heavy atom. The monoisotopic (exact) mass is 310 g/mol. The van der Waals surface area contributed by atoms with Gasteiger partial charge in [-0.1, -0.05) is 12.2 Å². The van der Waals surface area contributed by atoms with Crippen LogP contribution in [0.1, 0.15) is 19.3 Å². The van der Waals surface area contributed by atoms with Crippen molar-refractivity contribution in [3.63, 3.8) is 0 Å². The Kier molecular flexibility index (Phi) is 5.89. The maximum Gasteiger partial charge on any atom is 0.147 e. The Morgan fingerprint density at radius 1 is 1.44 bits per heavy atom. The van der Waals surface area contributed by atoms with Crippen molar-refractivity contribution in [2.75, 3.05) is 37.9 Å². The van der Waals surface area contributed by atoms with Gasteiger partial charge in [0.05, 0.1) is 15.5 Å². The van der Waals surface area contributed by atoms with E-state index < -0.39 is 9.84 Å². The zero-order chi connectivity index (χ0) is 13.8. The van der Waals surface area contributed by atoms with Crippen LogP contribution in [0.4, 0.5) is 0 Å². The van der Waals surface area contributed by atoms with E-state index in [0.29, 0.717) is 11.4 Å². The number of nitrogens with two attached hydrogens (primary N) is 1. The highest BCUT2D eigenvalue weighted by Gasteiger charge is 2.36. The average molecular weight is 311 g/mol. The van der Waals surface area contributed by atoms with Gasteiger partial charge in [-0.3, -0.25) is 0 Å². The van der Waals surface area contributed by atoms with Crippen LogP contribution >= 0.6 is 24.0 Å². The topological polar surface area (TPSA) is 63.4 Å². The summed E-state index contributed by atoms with van der Waals surface area (Å²) in [5.41, 5.74) is 5.83. The van der Waals surface area contributed by atoms with Gasteiger partial charge >= 0.3 is 0 Å². The number of hydrogen-bond donors (Lipinski definition) is 1. The molecule has 0 aromatic carbocycles. The zero-order valence-corrected chi connectivity index (χ0v) is 13.5. The van der Waals surface area contributed by atoms with Crippen molar-refractivity contribution in [3.05, 3.63) is 0 Å². The van der Waals surface area contributed by atoms with Crippen LogP contribution in [0.2, 0.25) is 0 Å². The number of piperidine rings is 1. The molecule has 0 radical (unpaired) electrons. The van der Waals surface area contributed by atoms with Gasteiger partial charge in [-0.2, -0.15) is 11.8 Å². The summed E-state index contributed by atoms with van der Waals surface area (Å²) >= 11 is 6.90. The van der Waals surface area contributed by atoms with Gasteiger partial charge in [0, 0.05) is 6.26 Å². The largest absolute Gasteiger partial charge is 0.392 e. The Balaban J connectivity index is 2.38. The van der Waals surface area contributed by atoms with E-state index in [2.05, 4.69) is 11.2 Å². The van der Waals surface area contributed by atoms with Crippen LogP contribution in [-0.2, 0) is 9.84 Å². The summed E-state index contributed by atoms with van der Waals surface area (Å²) in [6, 6.07) is 0. The molecule has 0 unspecified atom stereocenters. The molecule has 1 heterocycles. The van der Waals surface area contributed by atoms with Gasteiger partial charge in [0.15, 0.2) is 0 Å². The van der Waals surface area contributed by atoms with Crippen molar-refractivity contribution in [1.82, 2.24) is 4.90 Å². The van der Waals surface area contributed by atoms with Crippen LogP contribution in [0.15, 0.2) is 0 Å². The number of rotatable bonds is 6. The first-order valence-corrected chi connectivity index (χ1v) is 9.73. The summed E-state index contributed by atoms with van der Waals surface area (Å²) in [6.45, 7) is 2.73. The fourth-order valence-corrected chi connectivity index (χ4v) is 4.14. The molecule has 0 aromatic heterocycles. The maximum atomic E-state index is 11.1. The van der Waals surface area contributed by atoms with Crippen molar-refractivity contribution in [3.8, 4) is 0 Å². The van der Waals surface area contributed by atoms with Crippen LogP contribution in [0, 0.1) is 0 Å². The molecule has 106 valence electrons. The summed E-state index contributed by atoms with van der Waals surface area (Å²) in [7, 11) is -2.84. The highest BCUT2D eigenvalue weighted by atomic mass is 32.2. The molecule has 0 aliphatic carbocycles. The van der Waals surface area contributed by atoms with Gasteiger partial charge in [-0.05, 0) is 45.2 Å². The van der Waals surface area contributed by atoms with Crippen molar-refractivity contribution < 1.29 is 8.42 Å². The van der Waals surface area contributed by atoms with Crippen LogP contribution in [0.25, 0.3) is 0 Å². The lowest BCUT2D eigenvalue weighted by atomic mass is 9.95. The van der Waals surface area contributed by atoms with E-state index in [0.717, 1.165) is 32.5 Å². The molecule has 0 spiro atoms. The van der Waals surface area contributed by atoms with Gasteiger partial charge in [0.25, 0.3) is 0 Å². The minimum absolute atomic E-state index is 0.0529. The summed E-state index contributed by atoms with van der Waals surface area (Å²) in [6.07, 6.45) is 5.97. The molecule has 1 saturated heterocycles. The zero-order valence-electron chi connectivity index (χ0n) is 11.0. The predicted octanol–water partition coefficient (Wildman–Crippen LogP) is 0.905. The quantitative estimate of drug-likeness (QED) is 0.736. The average Bonchev–Trinajstić information content (AvgIpc) is 2.28. The molecule has 1 aliphatic heterocycles. The summed E-state index contributed by atoms with van der Waals surface area (Å²) < 4.78 is 22.1. The van der Waals surface area contributed by atoms with Gasteiger partial charge in [-0.25, -0.2) is 8.42 Å². The molecule has 1 fully saturated rings. The number of hydrogen-bond acceptors (Lipinski definition) is 5. The standard InChI is InChI=1S/C11H22N2O2S3/c1-17-11(10(12)16)4-7-13(8-5-11)6-3-9-18(2,14)15/h3-9H2,1-2H3,(H2,12,16). The Hall–Kier alpha value is 0.150. The van der Waals surface area contributed by atoms with E-state index in [4.69, 9.17) is 18.0 Å². The molecular weight excluding hydrogens is 288 g/mol. The number of thiocarbonyl (C=S) groups is 1. The van der Waals surface area contributed by atoms with Crippen LogP contribution in [0.5, 0.6) is 0 Å². The van der Waals surface area contributed by atoms with E-state index in [1.54, 1.807) is 11.8 Å². The summed E-state index contributed by atoms with van der Waals surface area (Å²) in [4.78, 5) is 2.91. The second-order valence-corrected chi connectivity index (χ2v) is 8.78. The lowest BCUT2D eigenvalue weighted by Crippen LogP contribution is -2.49. The highest BCUT2D eigenvalue weighted by molar-refractivity contribution is 8.02. The Morgan fingerprint density at radius 3 is 2.39 bits per heavy atom. The molecule has 0 saturated carbocycles. The molecule has 2 N–H and O–H groups in total. The molecule has 0 aromatic rings. The van der Waals surface area contributed by atoms with E-state index in [-0.39, 0.29) is 10.5 Å². The third kappa shape index (κ3) is 4.68. The third-order valence-electron chi connectivity index (χ3n) is 3.49. The smallest absolute Gasteiger partial charge is 0.147 e. The van der Waals surface area contributed by atoms with Gasteiger partial charge in [0.1, 0.15) is 9.84 Å². The normalized spacial score (nSPS) is 20.8. The SMILES string of the molecule is CSC1(C(N)=S)CCN(CCCS(C)(=O)=O)CC1. The van der Waals surface area contributed by atoms with Gasteiger partial charge in [-0.15, -0.1) is 0 Å². The van der Waals surface area contributed by atoms with Crippen molar-refractivity contribution in [1.29, 1.82) is 0 Å². The minimum Gasteiger partial charge on any atom is -0.392 e. The Labute approximate surface area is 120 Å². The number of nitrogens with zero attached hydrogens (tertiary/aromatic N) is 1. The van der Waals surface area contributed by atoms with Crippen LogP contribution in [-0.4, -0.2) is 61.0 Å². The van der Waals surface area contributed by atoms with Gasteiger partial charge in [0.2, 0.25) is 0 Å². The minimum atomic E-state index is -2.84. The van der Waals surface area contributed by atoms with E-state index in [1.807, 2.05) is 0 Å². The first-order valence-electron chi connectivity index (χ1n) is 6.04. The second-order valence-electron chi connectivity index (χ2n) is 4.89.